The Morgan fingerprint density at radius 1 is 1.03 bits per heavy atom. The smallest absolute Gasteiger partial charge is 0.228 e. The maximum absolute atomic E-state index is 14.4. The third kappa shape index (κ3) is 4.71. The summed E-state index contributed by atoms with van der Waals surface area (Å²) >= 11 is 3.72. The van der Waals surface area contributed by atoms with Crippen LogP contribution in [0.1, 0.15) is 11.3 Å². The Morgan fingerprint density at radius 2 is 1.67 bits per heavy atom. The highest BCUT2D eigenvalue weighted by Gasteiger charge is 2.20. The summed E-state index contributed by atoms with van der Waals surface area (Å²) in [5.74, 6) is -1.05. The molecule has 1 aromatic carbocycles. The van der Waals surface area contributed by atoms with Crippen molar-refractivity contribution >= 4 is 24.7 Å². The quantitative estimate of drug-likeness (QED) is 0.388. The molecule has 0 bridgehead atoms. The summed E-state index contributed by atoms with van der Waals surface area (Å²) in [6, 6.07) is 2.88. The van der Waals surface area contributed by atoms with Crippen LogP contribution in [0.5, 0.6) is 17.2 Å². The van der Waals surface area contributed by atoms with Gasteiger partial charge in [-0.25, -0.2) is 18.7 Å². The van der Waals surface area contributed by atoms with E-state index in [1.807, 2.05) is 0 Å². The third-order valence-corrected chi connectivity index (χ3v) is 4.23. The van der Waals surface area contributed by atoms with E-state index in [0.29, 0.717) is 5.82 Å². The lowest BCUT2D eigenvalue weighted by Gasteiger charge is -2.13. The summed E-state index contributed by atoms with van der Waals surface area (Å²) in [7, 11) is 4.31. The van der Waals surface area contributed by atoms with E-state index in [1.54, 1.807) is 17.8 Å². The van der Waals surface area contributed by atoms with Crippen molar-refractivity contribution in [1.29, 1.82) is 0 Å². The Balaban J connectivity index is 1.69. The van der Waals surface area contributed by atoms with Crippen LogP contribution in [-0.4, -0.2) is 34.0 Å². The Bertz CT molecular complexity index is 989. The van der Waals surface area contributed by atoms with Gasteiger partial charge in [-0.1, -0.05) is 0 Å². The molecule has 0 amide bonds. The molecule has 30 heavy (non-hydrogen) atoms. The highest BCUT2D eigenvalue weighted by molar-refractivity contribution is 7.75. The molecule has 0 aliphatic rings. The standard InChI is InChI=1S/C18H19F2N5O4S/c1-25-10(8-29-30)4-15(24-25)23-18-21-6-11(7-22-18)28-9-12-16(19)13(26-2)5-14(27-3)17(12)20/h4-7,30H,8-9H2,1-3H3,(H,21,22,23,24). The molecule has 1 N–H and O–H groups in total. The molecule has 0 saturated heterocycles. The predicted octanol–water partition coefficient (Wildman–Crippen LogP) is 3.19. The largest absolute Gasteiger partial charge is 0.494 e. The van der Waals surface area contributed by atoms with E-state index in [2.05, 4.69) is 33.3 Å². The van der Waals surface area contributed by atoms with Crippen molar-refractivity contribution in [2.45, 2.75) is 13.2 Å². The average Bonchev–Trinajstić information content (AvgIpc) is 3.08. The second-order valence-electron chi connectivity index (χ2n) is 5.96. The van der Waals surface area contributed by atoms with E-state index in [9.17, 15) is 8.78 Å². The van der Waals surface area contributed by atoms with Crippen molar-refractivity contribution in [2.75, 3.05) is 19.5 Å². The normalized spacial score (nSPS) is 10.7. The fraction of sp³-hybridized carbons (Fsp3) is 0.278. The molecule has 0 unspecified atom stereocenters. The summed E-state index contributed by atoms with van der Waals surface area (Å²) in [6.45, 7) is -0.126. The van der Waals surface area contributed by atoms with Gasteiger partial charge in [0.25, 0.3) is 0 Å². The number of hydrogen-bond acceptors (Lipinski definition) is 9. The maximum atomic E-state index is 14.4. The number of aromatic nitrogens is 4. The number of methoxy groups -OCH3 is 2. The van der Waals surface area contributed by atoms with Gasteiger partial charge in [-0.05, 0) is 12.9 Å². The number of ether oxygens (including phenoxy) is 3. The summed E-state index contributed by atoms with van der Waals surface area (Å²) in [5, 5.41) is 7.18. The second-order valence-corrected chi connectivity index (χ2v) is 6.22. The summed E-state index contributed by atoms with van der Waals surface area (Å²) < 4.78 is 50.4. The molecule has 0 aliphatic heterocycles. The van der Waals surface area contributed by atoms with Crippen LogP contribution in [0.2, 0.25) is 0 Å². The minimum absolute atomic E-state index is 0.152. The molecule has 2 heterocycles. The molecule has 12 heteroatoms. The zero-order valence-electron chi connectivity index (χ0n) is 16.3. The molecule has 3 aromatic rings. The van der Waals surface area contributed by atoms with Gasteiger partial charge in [-0.15, -0.1) is 0 Å². The number of thiol groups is 1. The molecular formula is C18H19F2N5O4S. The van der Waals surface area contributed by atoms with E-state index >= 15 is 0 Å². The zero-order valence-corrected chi connectivity index (χ0v) is 17.2. The van der Waals surface area contributed by atoms with E-state index < -0.39 is 18.2 Å². The van der Waals surface area contributed by atoms with Gasteiger partial charge >= 0.3 is 0 Å². The molecule has 0 radical (unpaired) electrons. The minimum atomic E-state index is -0.869. The van der Waals surface area contributed by atoms with Crippen molar-refractivity contribution in [3.8, 4) is 17.2 Å². The number of hydrogen-bond donors (Lipinski definition) is 2. The molecule has 0 aliphatic carbocycles. The molecule has 2 aromatic heterocycles. The van der Waals surface area contributed by atoms with Crippen LogP contribution in [0.4, 0.5) is 20.5 Å². The number of aryl methyl sites for hydroxylation is 1. The van der Waals surface area contributed by atoms with Gasteiger partial charge in [0.1, 0.15) is 13.2 Å². The van der Waals surface area contributed by atoms with Crippen molar-refractivity contribution in [3.05, 3.63) is 47.4 Å². The Hall–Kier alpha value is -3.12. The van der Waals surface area contributed by atoms with Crippen molar-refractivity contribution in [2.24, 2.45) is 7.05 Å². The van der Waals surface area contributed by atoms with Crippen LogP contribution in [0.25, 0.3) is 0 Å². The Kier molecular flexibility index (Phi) is 6.90. The number of anilines is 2. The number of benzene rings is 1. The van der Waals surface area contributed by atoms with Crippen LogP contribution in [0, 0.1) is 11.6 Å². The number of halogens is 2. The lowest BCUT2D eigenvalue weighted by atomic mass is 10.1. The zero-order chi connectivity index (χ0) is 21.7. The SMILES string of the molecule is COc1cc(OC)c(F)c(COc2cnc(Nc3cc(COS)n(C)n3)nc2)c1F. The second kappa shape index (κ2) is 9.59. The highest BCUT2D eigenvalue weighted by atomic mass is 32.1. The first-order valence-electron chi connectivity index (χ1n) is 8.56. The fourth-order valence-corrected chi connectivity index (χ4v) is 2.69. The summed E-state index contributed by atoms with van der Waals surface area (Å²) in [6.07, 6.45) is 2.73. The van der Waals surface area contributed by atoms with Crippen molar-refractivity contribution < 1.29 is 27.2 Å². The first-order chi connectivity index (χ1) is 14.5. The molecule has 9 nitrogen and oxygen atoms in total. The van der Waals surface area contributed by atoms with Gasteiger partial charge < -0.3 is 23.7 Å². The molecule has 0 fully saturated rings. The van der Waals surface area contributed by atoms with E-state index in [-0.39, 0.29) is 35.4 Å². The van der Waals surface area contributed by atoms with Gasteiger partial charge in [-0.2, -0.15) is 5.10 Å². The first kappa shape index (κ1) is 21.6. The molecule has 0 saturated carbocycles. The number of nitrogens with zero attached hydrogens (tertiary/aromatic N) is 4. The monoisotopic (exact) mass is 439 g/mol. The van der Waals surface area contributed by atoms with Crippen LogP contribution in [0.3, 0.4) is 0 Å². The van der Waals surface area contributed by atoms with Crippen molar-refractivity contribution in [1.82, 2.24) is 19.7 Å². The van der Waals surface area contributed by atoms with Crippen LogP contribution < -0.4 is 19.5 Å². The van der Waals surface area contributed by atoms with Crippen LogP contribution in [0.15, 0.2) is 24.5 Å². The number of nitrogens with one attached hydrogen (secondary N) is 1. The predicted molar refractivity (Wildman–Crippen MR) is 106 cm³/mol. The Morgan fingerprint density at radius 3 is 2.23 bits per heavy atom. The molecule has 0 atom stereocenters. The Labute approximate surface area is 176 Å². The van der Waals surface area contributed by atoms with Gasteiger partial charge in [0.15, 0.2) is 34.7 Å². The summed E-state index contributed by atoms with van der Waals surface area (Å²) in [5.41, 5.74) is 0.464. The van der Waals surface area contributed by atoms with E-state index in [1.165, 1.54) is 26.6 Å². The van der Waals surface area contributed by atoms with Gasteiger partial charge in [0.2, 0.25) is 5.95 Å². The third-order valence-electron chi connectivity index (χ3n) is 4.10. The fourth-order valence-electron chi connectivity index (χ4n) is 2.56. The minimum Gasteiger partial charge on any atom is -0.494 e. The van der Waals surface area contributed by atoms with Gasteiger partial charge in [-0.3, -0.25) is 4.68 Å². The lowest BCUT2D eigenvalue weighted by Crippen LogP contribution is -2.06. The lowest BCUT2D eigenvalue weighted by molar-refractivity contribution is 0.280. The molecule has 160 valence electrons. The molecular weight excluding hydrogens is 420 g/mol. The van der Waals surface area contributed by atoms with Crippen molar-refractivity contribution in [3.63, 3.8) is 0 Å². The van der Waals surface area contributed by atoms with E-state index in [0.717, 1.165) is 11.8 Å². The maximum Gasteiger partial charge on any atom is 0.228 e. The van der Waals surface area contributed by atoms with Crippen LogP contribution >= 0.6 is 12.9 Å². The average molecular weight is 439 g/mol. The van der Waals surface area contributed by atoms with Gasteiger partial charge in [0, 0.05) is 19.2 Å². The topological polar surface area (TPSA) is 92.6 Å². The highest BCUT2D eigenvalue weighted by Crippen LogP contribution is 2.32. The number of rotatable bonds is 9. The first-order valence-corrected chi connectivity index (χ1v) is 8.93. The van der Waals surface area contributed by atoms with Crippen LogP contribution in [-0.2, 0) is 24.4 Å². The summed E-state index contributed by atoms with van der Waals surface area (Å²) in [4.78, 5) is 8.21. The van der Waals surface area contributed by atoms with Gasteiger partial charge in [0.05, 0.1) is 37.9 Å². The molecule has 0 spiro atoms. The molecule has 3 rings (SSSR count). The van der Waals surface area contributed by atoms with E-state index in [4.69, 9.17) is 18.4 Å².